The van der Waals surface area contributed by atoms with E-state index in [2.05, 4.69) is 69.4 Å². The number of rotatable bonds is 26. The Labute approximate surface area is 648 Å². The Bertz CT molecular complexity index is 4880. The van der Waals surface area contributed by atoms with Crippen LogP contribution in [-0.4, -0.2) is 160 Å². The molecular formula is C78H76Cl2N14O14S2. The van der Waals surface area contributed by atoms with Crippen molar-refractivity contribution in [2.75, 3.05) is 26.3 Å². The number of halogens is 2. The SMILES string of the molecule is Cc1sc2c(c1C)C(c1ccc(Cl)cc1)=NC(CC(=O)NCCCCCC(=O)COc1cccc3c1C(=O)N([C@@H]1CCC(=O)NC1=O)C3=O)c1nnc(C)n1-2.Cc1sc2c(c1C)C(c1ccc(Cl)cc1)=NC(CC(=O)NCCCCCC(=O)COc1cccc3c1C(=O)N([C@H]1CCC(=O)NC1=O)C3=O)c1nnc(C)n1-2. The van der Waals surface area contributed by atoms with Crippen molar-refractivity contribution < 1.29 is 67.0 Å². The highest BCUT2D eigenvalue weighted by molar-refractivity contribution is 7.15. The minimum atomic E-state index is -1.10. The zero-order valence-corrected chi connectivity index (χ0v) is 64.0. The zero-order chi connectivity index (χ0) is 77.9. The van der Waals surface area contributed by atoms with Gasteiger partial charge in [-0.2, -0.15) is 0 Å². The number of carbonyl (C=O) groups excluding carboxylic acids is 12. The number of hydrogen-bond acceptors (Lipinski definition) is 22. The highest BCUT2D eigenvalue weighted by Gasteiger charge is 2.48. The molecular weight excluding hydrogens is 1490 g/mol. The molecule has 4 aromatic heterocycles. The number of aryl methyl sites for hydroxylation is 4. The number of fused-ring (bicyclic) bond motifs is 8. The third-order valence-electron chi connectivity index (χ3n) is 20.0. The lowest BCUT2D eigenvalue weighted by Crippen LogP contribution is -2.54. The molecule has 0 saturated carbocycles. The number of piperidine rings is 2. The summed E-state index contributed by atoms with van der Waals surface area (Å²) < 4.78 is 15.4. The molecule has 8 aromatic rings. The zero-order valence-electron chi connectivity index (χ0n) is 60.9. The van der Waals surface area contributed by atoms with Crippen LogP contribution in [0, 0.1) is 41.5 Å². The van der Waals surface area contributed by atoms with E-state index in [4.69, 9.17) is 42.7 Å². The first kappa shape index (κ1) is 77.1. The fourth-order valence-electron chi connectivity index (χ4n) is 14.1. The molecule has 2 saturated heterocycles. The number of Topliss-reactive ketones (excluding diaryl/α,β-unsaturated/α-hetero) is 2. The van der Waals surface area contributed by atoms with Gasteiger partial charge < -0.3 is 20.1 Å². The number of aromatic nitrogens is 6. The fraction of sp³-hybridized carbons (Fsp3) is 0.359. The average Bonchev–Trinajstić information content (AvgIpc) is 1.60. The summed E-state index contributed by atoms with van der Waals surface area (Å²) in [4.78, 5) is 167. The number of nitrogens with zero attached hydrogens (tertiary/aromatic N) is 10. The predicted octanol–water partition coefficient (Wildman–Crippen LogP) is 9.83. The molecule has 0 aliphatic carbocycles. The number of carbonyl (C=O) groups is 12. The molecule has 4 aromatic carbocycles. The second kappa shape index (κ2) is 33.0. The number of ketones is 2. The average molecular weight is 1570 g/mol. The van der Waals surface area contributed by atoms with Gasteiger partial charge in [0.05, 0.1) is 46.5 Å². The maximum Gasteiger partial charge on any atom is 0.266 e. The van der Waals surface area contributed by atoms with Crippen LogP contribution in [0.1, 0.15) is 210 Å². The van der Waals surface area contributed by atoms with Crippen molar-refractivity contribution >= 4 is 128 Å². The van der Waals surface area contributed by atoms with Gasteiger partial charge in [0.2, 0.25) is 35.4 Å². The molecule has 2 fully saturated rings. The number of benzene rings is 4. The number of aliphatic imine (C=N–C) groups is 2. The fourth-order valence-corrected chi connectivity index (χ4v) is 16.8. The van der Waals surface area contributed by atoms with Crippen molar-refractivity contribution in [2.24, 2.45) is 9.98 Å². The summed E-state index contributed by atoms with van der Waals surface area (Å²) in [5.74, 6) is -3.00. The standard InChI is InChI=1S/2C39H38ClN7O7S/c2*1-20-21(2)55-39-32(20)34(23-11-13-24(40)14-12-23)42-27(35-45-44-22(3)46(35)39)18-31(50)41-17-6-4-5-8-25(48)19-54-29-10-7-9-26-33(29)38(53)47(37(26)52)28-15-16-30(49)43-36(28)51/h2*7,9-14,27-28H,4-6,8,15-19H2,1-3H3,(H,41,50)(H,43,49,51)/t2*27?,28-/m10/s1. The van der Waals surface area contributed by atoms with E-state index in [0.717, 1.165) is 74.4 Å². The Hall–Kier alpha value is -11.1. The lowest BCUT2D eigenvalue weighted by Gasteiger charge is -2.27. The predicted molar refractivity (Wildman–Crippen MR) is 406 cm³/mol. The van der Waals surface area contributed by atoms with E-state index in [1.165, 1.54) is 24.3 Å². The number of unbranched alkanes of at least 4 members (excludes halogenated alkanes) is 4. The van der Waals surface area contributed by atoms with Gasteiger partial charge in [0.15, 0.2) is 23.2 Å². The molecule has 32 heteroatoms. The first-order valence-electron chi connectivity index (χ1n) is 36.1. The third-order valence-corrected chi connectivity index (χ3v) is 22.9. The van der Waals surface area contributed by atoms with Crippen molar-refractivity contribution in [1.29, 1.82) is 0 Å². The summed E-state index contributed by atoms with van der Waals surface area (Å²) in [6.07, 6.45) is 4.45. The molecule has 6 aliphatic rings. The summed E-state index contributed by atoms with van der Waals surface area (Å²) in [6, 6.07) is 20.7. The second-order valence-corrected chi connectivity index (χ2v) is 30.7. The van der Waals surface area contributed by atoms with Crippen molar-refractivity contribution in [3.63, 3.8) is 0 Å². The first-order valence-corrected chi connectivity index (χ1v) is 38.5. The number of hydrogen-bond donors (Lipinski definition) is 4. The molecule has 568 valence electrons. The molecule has 14 rings (SSSR count). The van der Waals surface area contributed by atoms with E-state index in [-0.39, 0.29) is 122 Å². The topological polar surface area (TPSA) is 364 Å². The number of imide groups is 4. The summed E-state index contributed by atoms with van der Waals surface area (Å²) in [5, 5.41) is 31.1. The maximum atomic E-state index is 13.3. The Balaban J connectivity index is 0.000000193. The molecule has 4 N–H and O–H groups in total. The summed E-state index contributed by atoms with van der Waals surface area (Å²) in [6.45, 7) is 12.3. The first-order chi connectivity index (χ1) is 52.8. The van der Waals surface area contributed by atoms with Crippen molar-refractivity contribution in [3.8, 4) is 21.5 Å². The Morgan fingerprint density at radius 3 is 1.26 bits per heavy atom. The van der Waals surface area contributed by atoms with Crippen molar-refractivity contribution in [2.45, 2.75) is 156 Å². The third kappa shape index (κ3) is 15.9. The summed E-state index contributed by atoms with van der Waals surface area (Å²) in [5.41, 5.74) is 7.66. The van der Waals surface area contributed by atoms with Crippen LogP contribution in [0.15, 0.2) is 94.9 Å². The monoisotopic (exact) mass is 1570 g/mol. The quantitative estimate of drug-likeness (QED) is 0.0289. The summed E-state index contributed by atoms with van der Waals surface area (Å²) in [7, 11) is 0. The van der Waals surface area contributed by atoms with Gasteiger partial charge in [-0.25, -0.2) is 0 Å². The minimum absolute atomic E-state index is 0.00633. The van der Waals surface area contributed by atoms with Gasteiger partial charge in [-0.3, -0.25) is 97.1 Å². The van der Waals surface area contributed by atoms with Crippen LogP contribution in [-0.2, 0) is 38.4 Å². The van der Waals surface area contributed by atoms with E-state index in [1.54, 1.807) is 34.8 Å². The Morgan fingerprint density at radius 1 is 0.491 bits per heavy atom. The van der Waals surface area contributed by atoms with E-state index in [9.17, 15) is 57.5 Å². The number of nitrogens with one attached hydrogen (secondary N) is 4. The molecule has 2 unspecified atom stereocenters. The highest BCUT2D eigenvalue weighted by atomic mass is 35.5. The number of ether oxygens (including phenoxy) is 2. The minimum Gasteiger partial charge on any atom is -0.485 e. The van der Waals surface area contributed by atoms with Crippen LogP contribution < -0.4 is 30.7 Å². The smallest absolute Gasteiger partial charge is 0.266 e. The number of thiophene rings is 2. The van der Waals surface area contributed by atoms with Crippen molar-refractivity contribution in [3.05, 3.63) is 184 Å². The van der Waals surface area contributed by atoms with Gasteiger partial charge in [-0.15, -0.1) is 43.1 Å². The van der Waals surface area contributed by atoms with Gasteiger partial charge in [0, 0.05) is 80.8 Å². The second-order valence-electron chi connectivity index (χ2n) is 27.4. The van der Waals surface area contributed by atoms with E-state index in [1.807, 2.05) is 71.5 Å². The van der Waals surface area contributed by atoms with Gasteiger partial charge >= 0.3 is 0 Å². The van der Waals surface area contributed by atoms with Crippen LogP contribution in [0.3, 0.4) is 0 Å². The molecule has 0 spiro atoms. The van der Waals surface area contributed by atoms with E-state index < -0.39 is 71.4 Å². The van der Waals surface area contributed by atoms with Gasteiger partial charge in [0.1, 0.15) is 70.5 Å². The Kier molecular flexibility index (Phi) is 23.1. The summed E-state index contributed by atoms with van der Waals surface area (Å²) >= 11 is 15.7. The van der Waals surface area contributed by atoms with Crippen LogP contribution in [0.25, 0.3) is 10.0 Å². The molecule has 10 heterocycles. The molecule has 10 amide bonds. The van der Waals surface area contributed by atoms with Gasteiger partial charge in [-0.1, -0.05) is 72.4 Å². The lowest BCUT2D eigenvalue weighted by atomic mass is 9.99. The maximum absolute atomic E-state index is 13.3. The lowest BCUT2D eigenvalue weighted by molar-refractivity contribution is -0.137. The van der Waals surface area contributed by atoms with Crippen molar-refractivity contribution in [1.82, 2.24) is 60.6 Å². The van der Waals surface area contributed by atoms with Crippen LogP contribution in [0.2, 0.25) is 10.0 Å². The number of amides is 10. The van der Waals surface area contributed by atoms with E-state index in [0.29, 0.717) is 85.0 Å². The molecule has 4 atom stereocenters. The highest BCUT2D eigenvalue weighted by Crippen LogP contribution is 2.43. The largest absolute Gasteiger partial charge is 0.485 e. The molecule has 6 aliphatic heterocycles. The molecule has 110 heavy (non-hydrogen) atoms. The molecule has 0 bridgehead atoms. The molecule has 28 nitrogen and oxygen atoms in total. The van der Waals surface area contributed by atoms with Gasteiger partial charge in [0.25, 0.3) is 23.6 Å². The Morgan fingerprint density at radius 2 is 0.882 bits per heavy atom. The van der Waals surface area contributed by atoms with Gasteiger partial charge in [-0.05, 0) is 140 Å². The van der Waals surface area contributed by atoms with Crippen LogP contribution >= 0.6 is 45.9 Å². The normalized spacial score (nSPS) is 17.6. The molecule has 0 radical (unpaired) electrons. The van der Waals surface area contributed by atoms with E-state index >= 15 is 0 Å². The van der Waals surface area contributed by atoms with Crippen LogP contribution in [0.5, 0.6) is 11.5 Å². The van der Waals surface area contributed by atoms with Crippen LogP contribution in [0.4, 0.5) is 0 Å².